The van der Waals surface area contributed by atoms with Gasteiger partial charge in [0.05, 0.1) is 19.3 Å². The van der Waals surface area contributed by atoms with Crippen molar-refractivity contribution in [2.24, 2.45) is 5.92 Å². The van der Waals surface area contributed by atoms with Crippen LogP contribution in [0.3, 0.4) is 0 Å². The molecule has 2 atom stereocenters. The Labute approximate surface area is 169 Å². The van der Waals surface area contributed by atoms with Crippen molar-refractivity contribution in [1.82, 2.24) is 5.32 Å². The normalized spacial score (nSPS) is 13.8. The lowest BCUT2D eigenvalue weighted by Crippen LogP contribution is -2.32. The molecule has 0 aromatic heterocycles. The van der Waals surface area contributed by atoms with E-state index in [0.717, 1.165) is 13.0 Å². The molecule has 0 amide bonds. The molecule has 0 aliphatic rings. The van der Waals surface area contributed by atoms with Gasteiger partial charge in [-0.2, -0.15) is 0 Å². The highest BCUT2D eigenvalue weighted by atomic mass is 16.5. The summed E-state index contributed by atoms with van der Waals surface area (Å²) in [4.78, 5) is 0. The molecule has 4 nitrogen and oxygen atoms in total. The van der Waals surface area contributed by atoms with Crippen LogP contribution in [0.5, 0.6) is 0 Å². The van der Waals surface area contributed by atoms with Gasteiger partial charge in [-0.15, -0.1) is 0 Å². The van der Waals surface area contributed by atoms with Crippen LogP contribution in [0, 0.1) is 5.92 Å². The molecular formula is C23H49NO3. The first-order chi connectivity index (χ1) is 13.2. The van der Waals surface area contributed by atoms with Crippen LogP contribution in [0.25, 0.3) is 0 Å². The van der Waals surface area contributed by atoms with Crippen molar-refractivity contribution in [1.29, 1.82) is 0 Å². The Morgan fingerprint density at radius 2 is 1.37 bits per heavy atom. The zero-order valence-electron chi connectivity index (χ0n) is 18.4. The SMILES string of the molecule is CCCCCCCCCCCCCCC(C)CCOCC(O)CNCCO. The molecule has 2 unspecified atom stereocenters. The van der Waals surface area contributed by atoms with Gasteiger partial charge in [0.15, 0.2) is 0 Å². The maximum Gasteiger partial charge on any atom is 0.0897 e. The van der Waals surface area contributed by atoms with Crippen LogP contribution in [0.1, 0.15) is 104 Å². The lowest BCUT2D eigenvalue weighted by Gasteiger charge is -2.14. The molecule has 27 heavy (non-hydrogen) atoms. The maximum atomic E-state index is 9.70. The fourth-order valence-corrected chi connectivity index (χ4v) is 3.39. The van der Waals surface area contributed by atoms with Crippen LogP contribution >= 0.6 is 0 Å². The van der Waals surface area contributed by atoms with Crippen LogP contribution in [-0.4, -0.2) is 49.2 Å². The van der Waals surface area contributed by atoms with Crippen LogP contribution < -0.4 is 5.32 Å². The van der Waals surface area contributed by atoms with E-state index in [9.17, 15) is 5.11 Å². The van der Waals surface area contributed by atoms with E-state index in [4.69, 9.17) is 9.84 Å². The van der Waals surface area contributed by atoms with E-state index in [1.165, 1.54) is 83.5 Å². The second-order valence-corrected chi connectivity index (χ2v) is 8.23. The molecule has 0 bridgehead atoms. The summed E-state index contributed by atoms with van der Waals surface area (Å²) in [5.74, 6) is 0.706. The topological polar surface area (TPSA) is 61.7 Å². The quantitative estimate of drug-likeness (QED) is 0.227. The van der Waals surface area contributed by atoms with Crippen molar-refractivity contribution in [2.45, 2.75) is 110 Å². The molecule has 0 heterocycles. The predicted octanol–water partition coefficient (Wildman–Crippen LogP) is 5.06. The summed E-state index contributed by atoms with van der Waals surface area (Å²) in [7, 11) is 0. The standard InChI is InChI=1S/C23H49NO3/c1-3-4-5-6-7-8-9-10-11-12-13-14-15-22(2)16-19-27-21-23(26)20-24-17-18-25/h22-26H,3-21H2,1-2H3. The van der Waals surface area contributed by atoms with Crippen LogP contribution in [0.4, 0.5) is 0 Å². The lowest BCUT2D eigenvalue weighted by molar-refractivity contribution is 0.0316. The van der Waals surface area contributed by atoms with Gasteiger partial charge < -0.3 is 20.3 Å². The summed E-state index contributed by atoms with van der Waals surface area (Å²) < 4.78 is 5.56. The number of aliphatic hydroxyl groups excluding tert-OH is 2. The van der Waals surface area contributed by atoms with Gasteiger partial charge in [-0.1, -0.05) is 97.3 Å². The van der Waals surface area contributed by atoms with E-state index in [2.05, 4.69) is 19.2 Å². The van der Waals surface area contributed by atoms with Gasteiger partial charge in [0, 0.05) is 19.7 Å². The molecule has 164 valence electrons. The summed E-state index contributed by atoms with van der Waals surface area (Å²) in [6.07, 6.45) is 18.8. The van der Waals surface area contributed by atoms with Crippen LogP contribution in [-0.2, 0) is 4.74 Å². The van der Waals surface area contributed by atoms with Crippen molar-refractivity contribution in [3.05, 3.63) is 0 Å². The zero-order valence-corrected chi connectivity index (χ0v) is 18.4. The van der Waals surface area contributed by atoms with Crippen LogP contribution in [0.15, 0.2) is 0 Å². The molecule has 0 aliphatic carbocycles. The highest BCUT2D eigenvalue weighted by molar-refractivity contribution is 4.59. The third kappa shape index (κ3) is 22.0. The Morgan fingerprint density at radius 1 is 0.815 bits per heavy atom. The number of aliphatic hydroxyl groups is 2. The van der Waals surface area contributed by atoms with Gasteiger partial charge in [0.1, 0.15) is 0 Å². The van der Waals surface area contributed by atoms with E-state index in [0.29, 0.717) is 25.6 Å². The van der Waals surface area contributed by atoms with Gasteiger partial charge in [0.25, 0.3) is 0 Å². The molecule has 0 aliphatic heterocycles. The third-order valence-electron chi connectivity index (χ3n) is 5.28. The Kier molecular flexibility index (Phi) is 22.0. The van der Waals surface area contributed by atoms with Gasteiger partial charge in [-0.3, -0.25) is 0 Å². The van der Waals surface area contributed by atoms with E-state index in [1.807, 2.05) is 0 Å². The summed E-state index contributed by atoms with van der Waals surface area (Å²) in [5.41, 5.74) is 0. The molecule has 0 saturated heterocycles. The smallest absolute Gasteiger partial charge is 0.0897 e. The number of nitrogens with one attached hydrogen (secondary N) is 1. The second kappa shape index (κ2) is 22.1. The third-order valence-corrected chi connectivity index (χ3v) is 5.28. The molecule has 0 aromatic carbocycles. The molecule has 3 N–H and O–H groups in total. The monoisotopic (exact) mass is 387 g/mol. The highest BCUT2D eigenvalue weighted by Crippen LogP contribution is 2.16. The molecule has 0 saturated carbocycles. The van der Waals surface area contributed by atoms with E-state index < -0.39 is 6.10 Å². The predicted molar refractivity (Wildman–Crippen MR) is 116 cm³/mol. The molecule has 0 spiro atoms. The van der Waals surface area contributed by atoms with Gasteiger partial charge in [-0.05, 0) is 12.3 Å². The Bertz CT molecular complexity index is 276. The van der Waals surface area contributed by atoms with Crippen molar-refractivity contribution in [3.63, 3.8) is 0 Å². The average molecular weight is 388 g/mol. The van der Waals surface area contributed by atoms with Crippen molar-refractivity contribution < 1.29 is 14.9 Å². The van der Waals surface area contributed by atoms with E-state index in [1.54, 1.807) is 0 Å². The zero-order chi connectivity index (χ0) is 20.0. The second-order valence-electron chi connectivity index (χ2n) is 8.23. The first-order valence-electron chi connectivity index (χ1n) is 11.8. The van der Waals surface area contributed by atoms with E-state index in [-0.39, 0.29) is 6.61 Å². The van der Waals surface area contributed by atoms with Gasteiger partial charge in [0.2, 0.25) is 0 Å². The Balaban J connectivity index is 3.22. The number of hydrogen-bond acceptors (Lipinski definition) is 4. The van der Waals surface area contributed by atoms with Gasteiger partial charge in [-0.25, -0.2) is 0 Å². The number of unbranched alkanes of at least 4 members (excludes halogenated alkanes) is 11. The average Bonchev–Trinajstić information content (AvgIpc) is 2.66. The minimum atomic E-state index is -0.483. The Hall–Kier alpha value is -0.160. The first-order valence-corrected chi connectivity index (χ1v) is 11.8. The van der Waals surface area contributed by atoms with Crippen molar-refractivity contribution in [2.75, 3.05) is 32.9 Å². The summed E-state index contributed by atoms with van der Waals surface area (Å²) in [6.45, 7) is 6.80. The van der Waals surface area contributed by atoms with Gasteiger partial charge >= 0.3 is 0 Å². The summed E-state index contributed by atoms with van der Waals surface area (Å²) >= 11 is 0. The van der Waals surface area contributed by atoms with Crippen molar-refractivity contribution in [3.8, 4) is 0 Å². The molecule has 0 rings (SSSR count). The minimum Gasteiger partial charge on any atom is -0.395 e. The maximum absolute atomic E-state index is 9.70. The fourth-order valence-electron chi connectivity index (χ4n) is 3.39. The fraction of sp³-hybridized carbons (Fsp3) is 1.00. The minimum absolute atomic E-state index is 0.101. The summed E-state index contributed by atoms with van der Waals surface area (Å²) in [5, 5.41) is 21.3. The molecule has 0 radical (unpaired) electrons. The van der Waals surface area contributed by atoms with E-state index >= 15 is 0 Å². The molecule has 4 heteroatoms. The number of ether oxygens (including phenoxy) is 1. The summed E-state index contributed by atoms with van der Waals surface area (Å²) in [6, 6.07) is 0. The molecular weight excluding hydrogens is 338 g/mol. The molecule has 0 fully saturated rings. The first kappa shape index (κ1) is 26.8. The van der Waals surface area contributed by atoms with Crippen molar-refractivity contribution >= 4 is 0 Å². The molecule has 0 aromatic rings. The largest absolute Gasteiger partial charge is 0.395 e. The number of hydrogen-bond donors (Lipinski definition) is 3. The number of rotatable bonds is 22. The lowest BCUT2D eigenvalue weighted by atomic mass is 9.99. The van der Waals surface area contributed by atoms with Crippen LogP contribution in [0.2, 0.25) is 0 Å². The highest BCUT2D eigenvalue weighted by Gasteiger charge is 2.05. The Morgan fingerprint density at radius 3 is 1.93 bits per heavy atom.